The molecule has 0 fully saturated rings. The Kier molecular flexibility index (Phi) is 10.0. The van der Waals surface area contributed by atoms with Crippen LogP contribution in [0.3, 0.4) is 0 Å². The van der Waals surface area contributed by atoms with E-state index in [1.807, 2.05) is 13.0 Å². The zero-order valence-corrected chi connectivity index (χ0v) is 16.5. The molecule has 0 amide bonds. The van der Waals surface area contributed by atoms with Gasteiger partial charge in [-0.3, -0.25) is 9.98 Å². The van der Waals surface area contributed by atoms with Gasteiger partial charge in [-0.15, -0.1) is 24.0 Å². The van der Waals surface area contributed by atoms with E-state index in [1.165, 1.54) is 6.07 Å². The number of aliphatic hydroxyl groups is 1. The van der Waals surface area contributed by atoms with Crippen LogP contribution in [0.1, 0.15) is 24.2 Å². The van der Waals surface area contributed by atoms with Crippen molar-refractivity contribution in [3.05, 3.63) is 65.7 Å². The van der Waals surface area contributed by atoms with E-state index in [0.717, 1.165) is 5.56 Å². The molecule has 5 nitrogen and oxygen atoms in total. The largest absolute Gasteiger partial charge is 0.386 e. The van der Waals surface area contributed by atoms with Crippen LogP contribution in [-0.4, -0.2) is 35.7 Å². The van der Waals surface area contributed by atoms with Crippen LogP contribution < -0.4 is 10.6 Å². The van der Waals surface area contributed by atoms with Gasteiger partial charge in [-0.25, -0.2) is 4.39 Å². The molecule has 0 aliphatic carbocycles. The topological polar surface area (TPSA) is 69.5 Å². The first-order valence-electron chi connectivity index (χ1n) is 8.04. The predicted molar refractivity (Wildman–Crippen MR) is 109 cm³/mol. The SMILES string of the molecule is CCNC(=NCC(O)c1ccncc1)NCCc1ccccc1F.I. The number of nitrogens with one attached hydrogen (secondary N) is 2. The Morgan fingerprint density at radius 2 is 1.92 bits per heavy atom. The van der Waals surface area contributed by atoms with E-state index in [1.54, 1.807) is 36.7 Å². The molecular weight excluding hydrogens is 434 g/mol. The van der Waals surface area contributed by atoms with E-state index in [4.69, 9.17) is 0 Å². The summed E-state index contributed by atoms with van der Waals surface area (Å²) in [4.78, 5) is 8.30. The van der Waals surface area contributed by atoms with Crippen molar-refractivity contribution in [3.8, 4) is 0 Å². The molecule has 1 aromatic heterocycles. The quantitative estimate of drug-likeness (QED) is 0.339. The van der Waals surface area contributed by atoms with Crippen LogP contribution in [0.2, 0.25) is 0 Å². The van der Waals surface area contributed by atoms with Crippen LogP contribution in [0, 0.1) is 5.82 Å². The lowest BCUT2D eigenvalue weighted by Crippen LogP contribution is -2.38. The summed E-state index contributed by atoms with van der Waals surface area (Å²) < 4.78 is 13.6. The maximum Gasteiger partial charge on any atom is 0.191 e. The highest BCUT2D eigenvalue weighted by molar-refractivity contribution is 14.0. The minimum Gasteiger partial charge on any atom is -0.386 e. The number of hydrogen-bond acceptors (Lipinski definition) is 3. The first kappa shape index (κ1) is 21.3. The Balaban J connectivity index is 0.00000312. The lowest BCUT2D eigenvalue weighted by atomic mass is 10.1. The molecule has 0 saturated heterocycles. The first-order chi connectivity index (χ1) is 11.7. The third-order valence-corrected chi connectivity index (χ3v) is 3.50. The minimum atomic E-state index is -0.685. The van der Waals surface area contributed by atoms with Crippen LogP contribution in [-0.2, 0) is 6.42 Å². The van der Waals surface area contributed by atoms with Gasteiger partial charge in [0.25, 0.3) is 0 Å². The molecule has 0 saturated carbocycles. The summed E-state index contributed by atoms with van der Waals surface area (Å²) in [6.45, 7) is 3.46. The van der Waals surface area contributed by atoms with Crippen LogP contribution in [0.15, 0.2) is 53.8 Å². The molecule has 0 spiro atoms. The van der Waals surface area contributed by atoms with Crippen molar-refractivity contribution in [1.29, 1.82) is 0 Å². The summed E-state index contributed by atoms with van der Waals surface area (Å²) in [5.41, 5.74) is 1.44. The fraction of sp³-hybridized carbons (Fsp3) is 0.333. The first-order valence-corrected chi connectivity index (χ1v) is 8.04. The number of rotatable bonds is 7. The summed E-state index contributed by atoms with van der Waals surface area (Å²) in [5, 5.41) is 16.4. The van der Waals surface area contributed by atoms with Crippen molar-refractivity contribution in [1.82, 2.24) is 15.6 Å². The molecule has 3 N–H and O–H groups in total. The van der Waals surface area contributed by atoms with E-state index in [9.17, 15) is 9.50 Å². The van der Waals surface area contributed by atoms with Crippen molar-refractivity contribution in [2.75, 3.05) is 19.6 Å². The second-order valence-electron chi connectivity index (χ2n) is 5.28. The van der Waals surface area contributed by atoms with E-state index in [0.29, 0.717) is 31.0 Å². The predicted octanol–water partition coefficient (Wildman–Crippen LogP) is 2.67. The van der Waals surface area contributed by atoms with Gasteiger partial charge in [0.1, 0.15) is 5.82 Å². The summed E-state index contributed by atoms with van der Waals surface area (Å²) in [6.07, 6.45) is 3.15. The maximum absolute atomic E-state index is 13.6. The normalized spacial score (nSPS) is 12.2. The van der Waals surface area contributed by atoms with Crippen molar-refractivity contribution < 1.29 is 9.50 Å². The molecule has 7 heteroatoms. The molecule has 2 aromatic rings. The average molecular weight is 458 g/mol. The fourth-order valence-corrected chi connectivity index (χ4v) is 2.23. The van der Waals surface area contributed by atoms with E-state index in [2.05, 4.69) is 20.6 Å². The molecular formula is C18H24FIN4O. The number of pyridine rings is 1. The van der Waals surface area contributed by atoms with Gasteiger partial charge >= 0.3 is 0 Å². The molecule has 0 bridgehead atoms. The Labute approximate surface area is 164 Å². The minimum absolute atomic E-state index is 0. The lowest BCUT2D eigenvalue weighted by molar-refractivity contribution is 0.187. The molecule has 0 radical (unpaired) electrons. The zero-order valence-electron chi connectivity index (χ0n) is 14.2. The van der Waals surface area contributed by atoms with Crippen LogP contribution >= 0.6 is 24.0 Å². The molecule has 136 valence electrons. The smallest absolute Gasteiger partial charge is 0.191 e. The fourth-order valence-electron chi connectivity index (χ4n) is 2.23. The molecule has 0 aliphatic rings. The third kappa shape index (κ3) is 7.35. The highest BCUT2D eigenvalue weighted by atomic mass is 127. The summed E-state index contributed by atoms with van der Waals surface area (Å²) in [7, 11) is 0. The highest BCUT2D eigenvalue weighted by Crippen LogP contribution is 2.11. The van der Waals surface area contributed by atoms with Crippen molar-refractivity contribution in [3.63, 3.8) is 0 Å². The lowest BCUT2D eigenvalue weighted by Gasteiger charge is -2.13. The molecule has 1 aromatic carbocycles. The number of hydrogen-bond donors (Lipinski definition) is 3. The number of nitrogens with zero attached hydrogens (tertiary/aromatic N) is 2. The standard InChI is InChI=1S/C18H23FN4O.HI/c1-2-21-18(22-12-9-14-5-3-4-6-16(14)19)23-13-17(24)15-7-10-20-11-8-15;/h3-8,10-11,17,24H,2,9,12-13H2,1H3,(H2,21,22,23);1H. The van der Waals surface area contributed by atoms with Gasteiger partial charge in [0.2, 0.25) is 0 Å². The van der Waals surface area contributed by atoms with E-state index >= 15 is 0 Å². The monoisotopic (exact) mass is 458 g/mol. The number of aliphatic hydroxyl groups excluding tert-OH is 1. The number of benzene rings is 1. The average Bonchev–Trinajstić information content (AvgIpc) is 2.61. The van der Waals surface area contributed by atoms with Gasteiger partial charge in [0, 0.05) is 25.5 Å². The number of guanidine groups is 1. The van der Waals surface area contributed by atoms with Gasteiger partial charge in [0.05, 0.1) is 12.6 Å². The molecule has 1 atom stereocenters. The van der Waals surface area contributed by atoms with Crippen molar-refractivity contribution >= 4 is 29.9 Å². The molecule has 2 rings (SSSR count). The van der Waals surface area contributed by atoms with Gasteiger partial charge in [-0.05, 0) is 42.7 Å². The number of halogens is 2. The second-order valence-corrected chi connectivity index (χ2v) is 5.28. The third-order valence-electron chi connectivity index (χ3n) is 3.50. The summed E-state index contributed by atoms with van der Waals surface area (Å²) in [5.74, 6) is 0.399. The van der Waals surface area contributed by atoms with Crippen LogP contribution in [0.25, 0.3) is 0 Å². The van der Waals surface area contributed by atoms with Gasteiger partial charge in [0.15, 0.2) is 5.96 Å². The van der Waals surface area contributed by atoms with Crippen molar-refractivity contribution in [2.45, 2.75) is 19.4 Å². The van der Waals surface area contributed by atoms with Gasteiger partial charge in [-0.2, -0.15) is 0 Å². The van der Waals surface area contributed by atoms with E-state index < -0.39 is 6.10 Å². The molecule has 0 aliphatic heterocycles. The molecule has 1 unspecified atom stereocenters. The highest BCUT2D eigenvalue weighted by Gasteiger charge is 2.07. The van der Waals surface area contributed by atoms with Crippen LogP contribution in [0.5, 0.6) is 0 Å². The molecule has 25 heavy (non-hydrogen) atoms. The Bertz CT molecular complexity index is 655. The van der Waals surface area contributed by atoms with Crippen molar-refractivity contribution in [2.24, 2.45) is 4.99 Å². The number of aliphatic imine (C=N–C) groups is 1. The van der Waals surface area contributed by atoms with Crippen LogP contribution in [0.4, 0.5) is 4.39 Å². The van der Waals surface area contributed by atoms with E-state index in [-0.39, 0.29) is 36.3 Å². The number of aromatic nitrogens is 1. The molecule has 1 heterocycles. The summed E-state index contributed by atoms with van der Waals surface area (Å²) in [6, 6.07) is 10.3. The van der Waals surface area contributed by atoms with Gasteiger partial charge in [-0.1, -0.05) is 18.2 Å². The second kappa shape index (κ2) is 11.8. The maximum atomic E-state index is 13.6. The summed E-state index contributed by atoms with van der Waals surface area (Å²) >= 11 is 0. The zero-order chi connectivity index (χ0) is 17.2. The Morgan fingerprint density at radius 3 is 2.60 bits per heavy atom. The Hall–Kier alpha value is -1.74. The van der Waals surface area contributed by atoms with Gasteiger partial charge < -0.3 is 15.7 Å². The Morgan fingerprint density at radius 1 is 1.20 bits per heavy atom.